The summed E-state index contributed by atoms with van der Waals surface area (Å²) in [5.74, 6) is -2.46. The zero-order valence-electron chi connectivity index (χ0n) is 14.4. The molecule has 1 N–H and O–H groups in total. The van der Waals surface area contributed by atoms with Gasteiger partial charge in [-0.2, -0.15) is 4.31 Å². The van der Waals surface area contributed by atoms with Crippen molar-refractivity contribution in [2.24, 2.45) is 0 Å². The Morgan fingerprint density at radius 2 is 1.73 bits per heavy atom. The number of hydrogen-bond acceptors (Lipinski definition) is 6. The van der Waals surface area contributed by atoms with Gasteiger partial charge in [0.1, 0.15) is 6.04 Å². The molecule has 10 heteroatoms. The number of fused-ring (bicyclic) bond motifs is 1. The van der Waals surface area contributed by atoms with Gasteiger partial charge in [0.2, 0.25) is 10.0 Å². The molecular weight excluding hydrogens is 364 g/mol. The Morgan fingerprint density at radius 1 is 1.19 bits per heavy atom. The topological polar surface area (TPSA) is 121 Å². The van der Waals surface area contributed by atoms with Crippen molar-refractivity contribution in [1.82, 2.24) is 9.21 Å². The van der Waals surface area contributed by atoms with Crippen molar-refractivity contribution >= 4 is 27.8 Å². The van der Waals surface area contributed by atoms with E-state index in [0.717, 1.165) is 9.21 Å². The second kappa shape index (κ2) is 7.94. The number of benzene rings is 1. The van der Waals surface area contributed by atoms with Crippen LogP contribution >= 0.6 is 0 Å². The number of nitrogens with zero attached hydrogens (tertiary/aromatic N) is 2. The Hall–Kier alpha value is -2.30. The number of rotatable bonds is 9. The lowest BCUT2D eigenvalue weighted by Gasteiger charge is -2.21. The molecule has 1 atom stereocenters. The molecule has 1 unspecified atom stereocenters. The van der Waals surface area contributed by atoms with Gasteiger partial charge in [-0.05, 0) is 19.1 Å². The van der Waals surface area contributed by atoms with Crippen LogP contribution in [-0.2, 0) is 19.6 Å². The van der Waals surface area contributed by atoms with Gasteiger partial charge in [-0.25, -0.2) is 8.42 Å². The molecule has 1 aromatic carbocycles. The smallest absolute Gasteiger partial charge is 0.321 e. The average molecular weight is 384 g/mol. The summed E-state index contributed by atoms with van der Waals surface area (Å²) in [5, 5.41) is 8.86. The van der Waals surface area contributed by atoms with Gasteiger partial charge < -0.3 is 9.84 Å². The van der Waals surface area contributed by atoms with E-state index in [4.69, 9.17) is 9.84 Å². The number of carbonyl (C=O) groups excluding carboxylic acids is 2. The summed E-state index contributed by atoms with van der Waals surface area (Å²) in [6.07, 6.45) is 0. The molecule has 9 nitrogen and oxygen atoms in total. The second-order valence-corrected chi connectivity index (χ2v) is 7.91. The number of carboxylic acid groups (broad SMARTS) is 1. The number of aliphatic carboxylic acids is 1. The summed E-state index contributed by atoms with van der Waals surface area (Å²) in [7, 11) is -2.60. The third-order valence-electron chi connectivity index (χ3n) is 4.16. The van der Waals surface area contributed by atoms with Crippen LogP contribution in [0.5, 0.6) is 0 Å². The Kier molecular flexibility index (Phi) is 6.11. The Labute approximate surface area is 151 Å². The zero-order valence-corrected chi connectivity index (χ0v) is 15.2. The fourth-order valence-electron chi connectivity index (χ4n) is 2.40. The predicted molar refractivity (Wildman–Crippen MR) is 91.3 cm³/mol. The van der Waals surface area contributed by atoms with Crippen LogP contribution in [0.2, 0.25) is 0 Å². The van der Waals surface area contributed by atoms with Crippen molar-refractivity contribution in [1.29, 1.82) is 0 Å². The van der Waals surface area contributed by atoms with Gasteiger partial charge in [0.15, 0.2) is 0 Å². The van der Waals surface area contributed by atoms with Crippen molar-refractivity contribution in [2.45, 2.75) is 13.0 Å². The predicted octanol–water partition coefficient (Wildman–Crippen LogP) is 0.0339. The van der Waals surface area contributed by atoms with Crippen LogP contribution in [0, 0.1) is 0 Å². The molecule has 2 amide bonds. The number of ether oxygens (including phenoxy) is 1. The summed E-state index contributed by atoms with van der Waals surface area (Å²) >= 11 is 0. The van der Waals surface area contributed by atoms with Crippen molar-refractivity contribution in [3.05, 3.63) is 35.4 Å². The van der Waals surface area contributed by atoms with E-state index in [0.29, 0.717) is 11.1 Å². The van der Waals surface area contributed by atoms with Gasteiger partial charge in [0, 0.05) is 7.05 Å². The van der Waals surface area contributed by atoms with Crippen LogP contribution in [0.15, 0.2) is 24.3 Å². The van der Waals surface area contributed by atoms with Gasteiger partial charge >= 0.3 is 5.97 Å². The van der Waals surface area contributed by atoms with Crippen molar-refractivity contribution in [3.8, 4) is 0 Å². The third-order valence-corrected chi connectivity index (χ3v) is 6.04. The molecule has 2 rings (SSSR count). The fraction of sp³-hybridized carbons (Fsp3) is 0.438. The molecular formula is C16H20N2O7S. The first-order valence-corrected chi connectivity index (χ1v) is 9.49. The summed E-state index contributed by atoms with van der Waals surface area (Å²) in [5.41, 5.74) is 0.675. The van der Waals surface area contributed by atoms with E-state index in [1.54, 1.807) is 24.3 Å². The molecule has 26 heavy (non-hydrogen) atoms. The number of imide groups is 1. The number of sulfonamides is 1. The van der Waals surface area contributed by atoms with Crippen LogP contribution in [0.25, 0.3) is 0 Å². The van der Waals surface area contributed by atoms with E-state index < -0.39 is 39.6 Å². The highest BCUT2D eigenvalue weighted by Crippen LogP contribution is 2.21. The van der Waals surface area contributed by atoms with Gasteiger partial charge in [-0.1, -0.05) is 12.1 Å². The van der Waals surface area contributed by atoms with E-state index in [1.165, 1.54) is 14.0 Å². The first kappa shape index (κ1) is 20.0. The minimum absolute atomic E-state index is 0.00770. The van der Waals surface area contributed by atoms with Crippen molar-refractivity contribution in [2.75, 3.05) is 32.6 Å². The lowest BCUT2D eigenvalue weighted by atomic mass is 10.1. The van der Waals surface area contributed by atoms with E-state index >= 15 is 0 Å². The van der Waals surface area contributed by atoms with Crippen LogP contribution in [0.3, 0.4) is 0 Å². The molecule has 0 fully saturated rings. The highest BCUT2D eigenvalue weighted by atomic mass is 32.2. The summed E-state index contributed by atoms with van der Waals surface area (Å²) in [4.78, 5) is 36.2. The number of amides is 2. The largest absolute Gasteiger partial charge is 0.480 e. The normalized spacial score (nSPS) is 15.4. The van der Waals surface area contributed by atoms with Crippen LogP contribution in [-0.4, -0.2) is 79.1 Å². The number of hydrogen-bond donors (Lipinski definition) is 1. The maximum absolute atomic E-state index is 12.1. The summed E-state index contributed by atoms with van der Waals surface area (Å²) in [6, 6.07) is 5.30. The van der Waals surface area contributed by atoms with Gasteiger partial charge in [-0.15, -0.1) is 0 Å². The average Bonchev–Trinajstić information content (AvgIpc) is 2.85. The van der Waals surface area contributed by atoms with Crippen LogP contribution < -0.4 is 0 Å². The molecule has 0 bridgehead atoms. The van der Waals surface area contributed by atoms with Crippen molar-refractivity contribution in [3.63, 3.8) is 0 Å². The van der Waals surface area contributed by atoms with E-state index in [2.05, 4.69) is 0 Å². The number of carboxylic acids is 1. The highest BCUT2D eigenvalue weighted by Gasteiger charge is 2.34. The van der Waals surface area contributed by atoms with Crippen molar-refractivity contribution < 1.29 is 32.6 Å². The maximum Gasteiger partial charge on any atom is 0.321 e. The summed E-state index contributed by atoms with van der Waals surface area (Å²) < 4.78 is 30.0. The lowest BCUT2D eigenvalue weighted by Crippen LogP contribution is -2.42. The Balaban J connectivity index is 1.81. The number of likely N-dealkylation sites (N-methyl/N-ethyl adjacent to an activating group) is 1. The molecule has 1 heterocycles. The van der Waals surface area contributed by atoms with Crippen LogP contribution in [0.1, 0.15) is 27.6 Å². The van der Waals surface area contributed by atoms with Gasteiger partial charge in [-0.3, -0.25) is 19.3 Å². The molecule has 0 spiro atoms. The summed E-state index contributed by atoms with van der Waals surface area (Å²) in [6.45, 7) is 1.08. The van der Waals surface area contributed by atoms with Gasteiger partial charge in [0.25, 0.3) is 11.8 Å². The molecule has 1 aliphatic rings. The van der Waals surface area contributed by atoms with Crippen LogP contribution in [0.4, 0.5) is 0 Å². The number of carbonyl (C=O) groups is 3. The fourth-order valence-corrected chi connectivity index (χ4v) is 3.59. The molecule has 0 aromatic heterocycles. The maximum atomic E-state index is 12.1. The monoisotopic (exact) mass is 384 g/mol. The third kappa shape index (κ3) is 4.09. The molecule has 1 aliphatic heterocycles. The lowest BCUT2D eigenvalue weighted by molar-refractivity contribution is -0.140. The minimum atomic E-state index is -3.79. The molecule has 1 aromatic rings. The second-order valence-electron chi connectivity index (χ2n) is 5.77. The Morgan fingerprint density at radius 3 is 2.23 bits per heavy atom. The standard InChI is InChI=1S/C16H20N2O7S/c1-11(16(21)22)17(2)26(23,24)10-9-25-8-7-18-14(19)12-5-3-4-6-13(12)15(18)20/h3-6,11H,7-10H2,1-2H3,(H,21,22). The van der Waals surface area contributed by atoms with E-state index in [-0.39, 0.29) is 19.8 Å². The quantitative estimate of drug-likeness (QED) is 0.471. The molecule has 142 valence electrons. The molecule has 0 aliphatic carbocycles. The molecule has 0 saturated heterocycles. The Bertz CT molecular complexity index is 787. The molecule has 0 radical (unpaired) electrons. The zero-order chi connectivity index (χ0) is 19.5. The van der Waals surface area contributed by atoms with E-state index in [1.807, 2.05) is 0 Å². The first-order valence-electron chi connectivity index (χ1n) is 7.88. The molecule has 0 saturated carbocycles. The first-order chi connectivity index (χ1) is 12.2. The highest BCUT2D eigenvalue weighted by molar-refractivity contribution is 7.89. The van der Waals surface area contributed by atoms with E-state index in [9.17, 15) is 22.8 Å². The SMILES string of the molecule is CC(C(=O)O)N(C)S(=O)(=O)CCOCCN1C(=O)c2ccccc2C1=O. The van der Waals surface area contributed by atoms with Gasteiger partial charge in [0.05, 0.1) is 36.6 Å². The minimum Gasteiger partial charge on any atom is -0.480 e.